The number of aldehydes is 1. The first-order chi connectivity index (χ1) is 11.5. The van der Waals surface area contributed by atoms with Crippen LogP contribution in [0, 0.1) is 23.7 Å². The van der Waals surface area contributed by atoms with Gasteiger partial charge in [0.2, 0.25) is 0 Å². The lowest BCUT2D eigenvalue weighted by molar-refractivity contribution is -0.137. The van der Waals surface area contributed by atoms with E-state index in [0.29, 0.717) is 23.0 Å². The van der Waals surface area contributed by atoms with Crippen LogP contribution in [0.2, 0.25) is 0 Å². The van der Waals surface area contributed by atoms with Gasteiger partial charge in [-0.15, -0.1) is 13.2 Å². The molecule has 0 spiro atoms. The molecule has 0 saturated carbocycles. The van der Waals surface area contributed by atoms with Crippen LogP contribution >= 0.6 is 0 Å². The highest BCUT2D eigenvalue weighted by molar-refractivity contribution is 5.74. The number of hydrogen-bond donors (Lipinski definition) is 0. The summed E-state index contributed by atoms with van der Waals surface area (Å²) in [6, 6.07) is 11.6. The summed E-state index contributed by atoms with van der Waals surface area (Å²) < 4.78 is 37.3. The third-order valence-electron chi connectivity index (χ3n) is 2.72. The SMILES string of the molecule is C=C.O=CC#Cc1ccc(C#Cc2ccc(C(F)(F)F)cc2)cc1. The first-order valence-electron chi connectivity index (χ1n) is 6.73. The van der Waals surface area contributed by atoms with Gasteiger partial charge in [0, 0.05) is 16.7 Å². The predicted molar refractivity (Wildman–Crippen MR) is 88.1 cm³/mol. The lowest BCUT2D eigenvalue weighted by Gasteiger charge is -2.05. The average Bonchev–Trinajstić information content (AvgIpc) is 2.60. The summed E-state index contributed by atoms with van der Waals surface area (Å²) in [5.41, 5.74) is 1.19. The molecule has 0 bridgehead atoms. The van der Waals surface area contributed by atoms with Crippen LogP contribution in [0.5, 0.6) is 0 Å². The first kappa shape index (κ1) is 18.8. The highest BCUT2D eigenvalue weighted by Crippen LogP contribution is 2.28. The van der Waals surface area contributed by atoms with E-state index < -0.39 is 11.7 Å². The van der Waals surface area contributed by atoms with Crippen molar-refractivity contribution in [2.24, 2.45) is 0 Å². The third kappa shape index (κ3) is 5.87. The molecular formula is C20H13F3O. The Morgan fingerprint density at radius 1 is 0.750 bits per heavy atom. The summed E-state index contributed by atoms with van der Waals surface area (Å²) in [5.74, 6) is 10.6. The fraction of sp³-hybridized carbons (Fsp3) is 0.0500. The lowest BCUT2D eigenvalue weighted by atomic mass is 10.1. The van der Waals surface area contributed by atoms with Crippen molar-refractivity contribution < 1.29 is 18.0 Å². The van der Waals surface area contributed by atoms with Gasteiger partial charge in [0.05, 0.1) is 5.56 Å². The standard InChI is InChI=1S/C18H9F3O.C2H4/c19-18(20,21)17-11-9-16(10-12-17)8-7-15-5-3-14(4-6-15)2-1-13-22;1-2/h3-6,9-13H;1-2H2. The summed E-state index contributed by atoms with van der Waals surface area (Å²) in [4.78, 5) is 10.1. The average molecular weight is 326 g/mol. The molecule has 2 aromatic carbocycles. The zero-order valence-corrected chi connectivity index (χ0v) is 12.7. The molecule has 2 aromatic rings. The molecule has 0 radical (unpaired) electrons. The van der Waals surface area contributed by atoms with Gasteiger partial charge in [-0.1, -0.05) is 17.8 Å². The fourth-order valence-corrected chi connectivity index (χ4v) is 1.64. The van der Waals surface area contributed by atoms with Gasteiger partial charge < -0.3 is 0 Å². The highest BCUT2D eigenvalue weighted by Gasteiger charge is 2.29. The predicted octanol–water partition coefficient (Wildman–Crippen LogP) is 4.46. The molecule has 0 aliphatic rings. The van der Waals surface area contributed by atoms with Crippen LogP contribution in [0.15, 0.2) is 61.7 Å². The Hall–Kier alpha value is -3.24. The number of carbonyl (C=O) groups excluding carboxylic acids is 1. The monoisotopic (exact) mass is 326 g/mol. The van der Waals surface area contributed by atoms with Crippen LogP contribution < -0.4 is 0 Å². The molecule has 0 aromatic heterocycles. The fourth-order valence-electron chi connectivity index (χ4n) is 1.64. The number of carbonyl (C=O) groups is 1. The maximum atomic E-state index is 12.4. The normalized spacial score (nSPS) is 9.29. The topological polar surface area (TPSA) is 17.1 Å². The minimum absolute atomic E-state index is 0.498. The number of hydrogen-bond acceptors (Lipinski definition) is 1. The van der Waals surface area contributed by atoms with E-state index in [2.05, 4.69) is 36.8 Å². The molecule has 0 unspecified atom stereocenters. The Morgan fingerprint density at radius 2 is 1.12 bits per heavy atom. The van der Waals surface area contributed by atoms with Crippen molar-refractivity contribution in [1.82, 2.24) is 0 Å². The Morgan fingerprint density at radius 3 is 1.50 bits per heavy atom. The Kier molecular flexibility index (Phi) is 7.07. The molecular weight excluding hydrogens is 313 g/mol. The summed E-state index contributed by atoms with van der Waals surface area (Å²) >= 11 is 0. The van der Waals surface area contributed by atoms with Crippen LogP contribution in [-0.4, -0.2) is 6.29 Å². The van der Waals surface area contributed by atoms with E-state index in [4.69, 9.17) is 0 Å². The van der Waals surface area contributed by atoms with E-state index in [1.54, 1.807) is 24.3 Å². The van der Waals surface area contributed by atoms with E-state index in [1.165, 1.54) is 12.1 Å². The quantitative estimate of drug-likeness (QED) is 0.397. The number of benzene rings is 2. The van der Waals surface area contributed by atoms with Gasteiger partial charge in [-0.05, 0) is 54.5 Å². The van der Waals surface area contributed by atoms with E-state index in [9.17, 15) is 18.0 Å². The van der Waals surface area contributed by atoms with Crippen molar-refractivity contribution in [2.75, 3.05) is 0 Å². The minimum atomic E-state index is -4.34. The third-order valence-corrected chi connectivity index (χ3v) is 2.72. The molecule has 0 aliphatic carbocycles. The van der Waals surface area contributed by atoms with Crippen LogP contribution in [-0.2, 0) is 11.0 Å². The summed E-state index contributed by atoms with van der Waals surface area (Å²) in [7, 11) is 0. The van der Waals surface area contributed by atoms with Crippen molar-refractivity contribution in [2.45, 2.75) is 6.18 Å². The molecule has 2 rings (SSSR count). The number of halogens is 3. The highest BCUT2D eigenvalue weighted by atomic mass is 19.4. The molecule has 0 aliphatic heterocycles. The number of rotatable bonds is 0. The Labute approximate surface area is 138 Å². The second kappa shape index (κ2) is 9.02. The maximum absolute atomic E-state index is 12.4. The van der Waals surface area contributed by atoms with E-state index >= 15 is 0 Å². The van der Waals surface area contributed by atoms with Crippen molar-refractivity contribution in [3.05, 3.63) is 83.9 Å². The molecule has 0 amide bonds. The van der Waals surface area contributed by atoms with Crippen molar-refractivity contribution in [3.8, 4) is 23.7 Å². The summed E-state index contributed by atoms with van der Waals surface area (Å²) in [6.07, 6.45) is -3.83. The Bertz CT molecular complexity index is 793. The van der Waals surface area contributed by atoms with Gasteiger partial charge in [0.15, 0.2) is 6.29 Å². The molecule has 120 valence electrons. The van der Waals surface area contributed by atoms with E-state index in [0.717, 1.165) is 12.1 Å². The van der Waals surface area contributed by atoms with Crippen LogP contribution in [0.4, 0.5) is 13.2 Å². The smallest absolute Gasteiger partial charge is 0.289 e. The van der Waals surface area contributed by atoms with Crippen molar-refractivity contribution in [1.29, 1.82) is 0 Å². The zero-order chi connectivity index (χ0) is 18.0. The molecule has 0 N–H and O–H groups in total. The molecule has 1 nitrogen and oxygen atoms in total. The maximum Gasteiger partial charge on any atom is 0.416 e. The Balaban J connectivity index is 0.00000139. The van der Waals surface area contributed by atoms with Gasteiger partial charge >= 0.3 is 6.18 Å². The second-order valence-electron chi connectivity index (χ2n) is 4.29. The molecule has 0 heterocycles. The minimum Gasteiger partial charge on any atom is -0.289 e. The van der Waals surface area contributed by atoms with Gasteiger partial charge in [0.25, 0.3) is 0 Å². The molecule has 24 heavy (non-hydrogen) atoms. The van der Waals surface area contributed by atoms with Crippen molar-refractivity contribution >= 4 is 6.29 Å². The van der Waals surface area contributed by atoms with Gasteiger partial charge in [0.1, 0.15) is 0 Å². The van der Waals surface area contributed by atoms with Crippen LogP contribution in [0.3, 0.4) is 0 Å². The van der Waals surface area contributed by atoms with Crippen LogP contribution in [0.25, 0.3) is 0 Å². The largest absolute Gasteiger partial charge is 0.416 e. The molecule has 0 fully saturated rings. The van der Waals surface area contributed by atoms with Gasteiger partial charge in [-0.2, -0.15) is 13.2 Å². The zero-order valence-electron chi connectivity index (χ0n) is 12.7. The lowest BCUT2D eigenvalue weighted by Crippen LogP contribution is -2.04. The molecule has 0 atom stereocenters. The number of alkyl halides is 3. The summed E-state index contributed by atoms with van der Waals surface area (Å²) in [5, 5.41) is 0. The van der Waals surface area contributed by atoms with Crippen LogP contribution in [0.1, 0.15) is 22.3 Å². The van der Waals surface area contributed by atoms with Gasteiger partial charge in [-0.25, -0.2) is 0 Å². The van der Waals surface area contributed by atoms with Crippen molar-refractivity contribution in [3.63, 3.8) is 0 Å². The van der Waals surface area contributed by atoms with E-state index in [-0.39, 0.29) is 0 Å². The van der Waals surface area contributed by atoms with Gasteiger partial charge in [-0.3, -0.25) is 4.79 Å². The first-order valence-corrected chi connectivity index (χ1v) is 6.73. The summed E-state index contributed by atoms with van der Waals surface area (Å²) in [6.45, 7) is 6.00. The molecule has 0 saturated heterocycles. The van der Waals surface area contributed by atoms with E-state index in [1.807, 2.05) is 0 Å². The second-order valence-corrected chi connectivity index (χ2v) is 4.29. The molecule has 4 heteroatoms.